The highest BCUT2D eigenvalue weighted by atomic mass is 32.2. The zero-order chi connectivity index (χ0) is 14.5. The molecule has 0 spiro atoms. The molecule has 0 radical (unpaired) electrons. The van der Waals surface area contributed by atoms with Crippen molar-refractivity contribution < 1.29 is 18.9 Å². The molecular weight excluding hydrogens is 280 g/mol. The summed E-state index contributed by atoms with van der Waals surface area (Å²) < 4.78 is 11.9. The summed E-state index contributed by atoms with van der Waals surface area (Å²) in [5.74, 6) is -0.0566. The fourth-order valence-corrected chi connectivity index (χ4v) is 2.98. The van der Waals surface area contributed by atoms with Gasteiger partial charge in [-0.25, -0.2) is 4.79 Å². The molecule has 1 aliphatic rings. The number of aliphatic hydroxyl groups is 1. The molecule has 1 heterocycles. The van der Waals surface area contributed by atoms with E-state index in [0.29, 0.717) is 5.75 Å². The Labute approximate surface area is 119 Å². The first-order valence-electron chi connectivity index (χ1n) is 6.24. The molecule has 0 saturated carbocycles. The zero-order valence-corrected chi connectivity index (χ0v) is 11.6. The van der Waals surface area contributed by atoms with Crippen LogP contribution in [0.15, 0.2) is 30.3 Å². The zero-order valence-electron chi connectivity index (χ0n) is 10.8. The molecule has 20 heavy (non-hydrogen) atoms. The number of urea groups is 1. The van der Waals surface area contributed by atoms with Gasteiger partial charge in [-0.3, -0.25) is 13.9 Å². The highest BCUT2D eigenvalue weighted by molar-refractivity contribution is 7.84. The molecule has 1 aliphatic heterocycles. The highest BCUT2D eigenvalue weighted by Crippen LogP contribution is 2.06. The topological polar surface area (TPSA) is 86.7 Å². The van der Waals surface area contributed by atoms with Gasteiger partial charge in [-0.05, 0) is 5.56 Å². The molecule has 1 fully saturated rings. The van der Waals surface area contributed by atoms with Crippen LogP contribution in [0.25, 0.3) is 0 Å². The lowest BCUT2D eigenvalue weighted by atomic mass is 10.2. The number of hydrogen-bond acceptors (Lipinski definition) is 4. The third kappa shape index (κ3) is 3.64. The maximum absolute atomic E-state index is 11.9. The van der Waals surface area contributed by atoms with Crippen molar-refractivity contribution in [2.24, 2.45) is 0 Å². The molecule has 2 N–H and O–H groups in total. The molecule has 0 bridgehead atoms. The highest BCUT2D eigenvalue weighted by Gasteiger charge is 2.32. The number of rotatable bonds is 5. The second kappa shape index (κ2) is 6.62. The van der Waals surface area contributed by atoms with E-state index >= 15 is 0 Å². The van der Waals surface area contributed by atoms with Gasteiger partial charge in [0.05, 0.1) is 6.54 Å². The van der Waals surface area contributed by atoms with E-state index in [1.807, 2.05) is 30.3 Å². The van der Waals surface area contributed by atoms with E-state index in [1.54, 1.807) is 0 Å². The summed E-state index contributed by atoms with van der Waals surface area (Å²) in [6.45, 7) is -0.0254. The van der Waals surface area contributed by atoms with E-state index < -0.39 is 28.8 Å². The number of carbonyl (C=O) groups excluding carboxylic acids is 2. The van der Waals surface area contributed by atoms with Crippen molar-refractivity contribution in [3.8, 4) is 0 Å². The Morgan fingerprint density at radius 2 is 2.00 bits per heavy atom. The lowest BCUT2D eigenvalue weighted by Crippen LogP contribution is -2.58. The first-order valence-corrected chi connectivity index (χ1v) is 7.73. The monoisotopic (exact) mass is 296 g/mol. The van der Waals surface area contributed by atoms with E-state index in [1.165, 1.54) is 0 Å². The van der Waals surface area contributed by atoms with Crippen molar-refractivity contribution in [3.63, 3.8) is 0 Å². The predicted octanol–water partition coefficient (Wildman–Crippen LogP) is -0.152. The number of hydrogen-bond donors (Lipinski definition) is 2. The third-order valence-electron chi connectivity index (χ3n) is 2.96. The Morgan fingerprint density at radius 3 is 2.70 bits per heavy atom. The van der Waals surface area contributed by atoms with Gasteiger partial charge in [0.2, 0.25) is 0 Å². The summed E-state index contributed by atoms with van der Waals surface area (Å²) in [4.78, 5) is 24.0. The van der Waals surface area contributed by atoms with Crippen molar-refractivity contribution in [3.05, 3.63) is 35.9 Å². The van der Waals surface area contributed by atoms with Gasteiger partial charge >= 0.3 is 6.03 Å². The van der Waals surface area contributed by atoms with E-state index in [0.717, 1.165) is 10.5 Å². The summed E-state index contributed by atoms with van der Waals surface area (Å²) in [6.07, 6.45) is -1.21. The maximum atomic E-state index is 11.9. The lowest BCUT2D eigenvalue weighted by Gasteiger charge is -2.28. The summed E-state index contributed by atoms with van der Waals surface area (Å²) >= 11 is 0. The van der Waals surface area contributed by atoms with Crippen LogP contribution in [-0.4, -0.2) is 51.1 Å². The summed E-state index contributed by atoms with van der Waals surface area (Å²) in [5.41, 5.74) is 0.945. The lowest BCUT2D eigenvalue weighted by molar-refractivity contribution is -0.138. The van der Waals surface area contributed by atoms with Gasteiger partial charge in [0.1, 0.15) is 0 Å². The number of aliphatic hydroxyl groups excluding tert-OH is 1. The molecule has 7 heteroatoms. The molecule has 2 atom stereocenters. The van der Waals surface area contributed by atoms with Crippen molar-refractivity contribution in [2.45, 2.75) is 11.9 Å². The number of nitrogens with one attached hydrogen (secondary N) is 1. The van der Waals surface area contributed by atoms with Crippen LogP contribution in [0.3, 0.4) is 0 Å². The normalized spacial score (nSPS) is 20.6. The number of benzene rings is 1. The van der Waals surface area contributed by atoms with Gasteiger partial charge in [0, 0.05) is 28.9 Å². The SMILES string of the molecule is O=C1NC[C@H](O)C(=O)N1CCS(=O)Cc1ccccc1. The predicted molar refractivity (Wildman–Crippen MR) is 74.3 cm³/mol. The molecule has 6 nitrogen and oxygen atoms in total. The number of amides is 3. The van der Waals surface area contributed by atoms with Gasteiger partial charge in [-0.15, -0.1) is 0 Å². The molecular formula is C13H16N2O4S. The fourth-order valence-electron chi connectivity index (χ4n) is 1.88. The molecule has 1 unspecified atom stereocenters. The van der Waals surface area contributed by atoms with Gasteiger partial charge in [-0.2, -0.15) is 0 Å². The second-order valence-corrected chi connectivity index (χ2v) is 6.04. The molecule has 1 aromatic carbocycles. The Hall–Kier alpha value is -1.73. The minimum Gasteiger partial charge on any atom is -0.381 e. The summed E-state index contributed by atoms with van der Waals surface area (Å²) in [6, 6.07) is 8.82. The fraction of sp³-hybridized carbons (Fsp3) is 0.385. The maximum Gasteiger partial charge on any atom is 0.324 e. The van der Waals surface area contributed by atoms with Crippen LogP contribution in [0.1, 0.15) is 5.56 Å². The minimum absolute atomic E-state index is 0.0428. The molecule has 2 rings (SSSR count). The van der Waals surface area contributed by atoms with Crippen LogP contribution in [0.5, 0.6) is 0 Å². The Morgan fingerprint density at radius 1 is 1.30 bits per heavy atom. The molecule has 0 aliphatic carbocycles. The van der Waals surface area contributed by atoms with E-state index in [4.69, 9.17) is 0 Å². The summed E-state index contributed by atoms with van der Waals surface area (Å²) in [7, 11) is -1.17. The van der Waals surface area contributed by atoms with Gasteiger partial charge in [0.15, 0.2) is 6.10 Å². The standard InChI is InChI=1S/C13H16N2O4S/c16-11-8-14-13(18)15(12(11)17)6-7-20(19)9-10-4-2-1-3-5-10/h1-5,11,16H,6-9H2,(H,14,18)/t11-,20?/m0/s1. The van der Waals surface area contributed by atoms with E-state index in [2.05, 4.69) is 5.32 Å². The molecule has 3 amide bonds. The van der Waals surface area contributed by atoms with Gasteiger partial charge in [0.25, 0.3) is 5.91 Å². The van der Waals surface area contributed by atoms with Crippen LogP contribution < -0.4 is 5.32 Å². The number of β-amino-alcohol motifs (C(OH)–C–C–N with tert-alkyl or cyclic N) is 1. The number of nitrogens with zero attached hydrogens (tertiary/aromatic N) is 1. The Kier molecular flexibility index (Phi) is 4.86. The Balaban J connectivity index is 1.86. The number of imide groups is 1. The van der Waals surface area contributed by atoms with Crippen molar-refractivity contribution >= 4 is 22.7 Å². The van der Waals surface area contributed by atoms with Crippen molar-refractivity contribution in [1.29, 1.82) is 0 Å². The summed E-state index contributed by atoms with van der Waals surface area (Å²) in [5, 5.41) is 11.8. The third-order valence-corrected chi connectivity index (χ3v) is 4.25. The number of carbonyl (C=O) groups is 2. The van der Waals surface area contributed by atoms with E-state index in [9.17, 15) is 18.9 Å². The van der Waals surface area contributed by atoms with Crippen LogP contribution in [0.2, 0.25) is 0 Å². The average Bonchev–Trinajstić information content (AvgIpc) is 2.44. The largest absolute Gasteiger partial charge is 0.381 e. The van der Waals surface area contributed by atoms with Crippen LogP contribution in [0, 0.1) is 0 Å². The molecule has 108 valence electrons. The van der Waals surface area contributed by atoms with Crippen molar-refractivity contribution in [2.75, 3.05) is 18.8 Å². The first-order chi connectivity index (χ1) is 9.58. The van der Waals surface area contributed by atoms with Gasteiger partial charge < -0.3 is 10.4 Å². The van der Waals surface area contributed by atoms with Crippen LogP contribution >= 0.6 is 0 Å². The molecule has 1 aromatic rings. The quantitative estimate of drug-likeness (QED) is 0.791. The average molecular weight is 296 g/mol. The minimum atomic E-state index is -1.21. The smallest absolute Gasteiger partial charge is 0.324 e. The second-order valence-electron chi connectivity index (χ2n) is 4.47. The van der Waals surface area contributed by atoms with E-state index in [-0.39, 0.29) is 18.8 Å². The Bertz CT molecular complexity index is 520. The van der Waals surface area contributed by atoms with Crippen molar-refractivity contribution in [1.82, 2.24) is 10.2 Å². The molecule has 0 aromatic heterocycles. The van der Waals surface area contributed by atoms with Crippen LogP contribution in [-0.2, 0) is 21.3 Å². The van der Waals surface area contributed by atoms with Crippen LogP contribution in [0.4, 0.5) is 4.79 Å². The first kappa shape index (κ1) is 14.7. The van der Waals surface area contributed by atoms with Gasteiger partial charge in [-0.1, -0.05) is 30.3 Å². The molecule has 1 saturated heterocycles.